The summed E-state index contributed by atoms with van der Waals surface area (Å²) in [6.45, 7) is 8.58. The zero-order chi connectivity index (χ0) is 20.3. The van der Waals surface area contributed by atoms with Gasteiger partial charge in [0.25, 0.3) is 0 Å². The Morgan fingerprint density at radius 1 is 1.07 bits per heavy atom. The highest BCUT2D eigenvalue weighted by molar-refractivity contribution is 6.01. The second-order valence-electron chi connectivity index (χ2n) is 7.38. The zero-order valence-electron chi connectivity index (χ0n) is 16.9. The summed E-state index contributed by atoms with van der Waals surface area (Å²) in [6, 6.07) is 7.87. The molecule has 0 radical (unpaired) electrons. The Morgan fingerprint density at radius 2 is 1.75 bits per heavy atom. The third-order valence-electron chi connectivity index (χ3n) is 5.44. The highest BCUT2D eigenvalue weighted by Gasteiger charge is 2.51. The van der Waals surface area contributed by atoms with Crippen LogP contribution in [0.3, 0.4) is 0 Å². The second-order valence-corrected chi connectivity index (χ2v) is 7.38. The third kappa shape index (κ3) is 4.29. The Bertz CT molecular complexity index is 743. The molecule has 1 saturated heterocycles. The van der Waals surface area contributed by atoms with E-state index in [1.165, 1.54) is 0 Å². The van der Waals surface area contributed by atoms with Gasteiger partial charge in [0.2, 0.25) is 11.8 Å². The number of anilines is 1. The molecule has 7 heteroatoms. The van der Waals surface area contributed by atoms with E-state index < -0.39 is 0 Å². The minimum absolute atomic E-state index is 0.0246. The molecule has 7 nitrogen and oxygen atoms in total. The van der Waals surface area contributed by atoms with Crippen LogP contribution >= 0.6 is 0 Å². The first-order chi connectivity index (χ1) is 13.5. The van der Waals surface area contributed by atoms with Crippen molar-refractivity contribution in [1.29, 1.82) is 0 Å². The van der Waals surface area contributed by atoms with Crippen molar-refractivity contribution in [3.63, 3.8) is 0 Å². The van der Waals surface area contributed by atoms with Gasteiger partial charge in [-0.2, -0.15) is 0 Å². The van der Waals surface area contributed by atoms with Crippen molar-refractivity contribution in [2.24, 2.45) is 11.8 Å². The molecule has 2 aliphatic rings. The smallest absolute Gasteiger partial charge is 0.409 e. The molecule has 1 aliphatic carbocycles. The molecule has 1 aromatic rings. The van der Waals surface area contributed by atoms with Crippen molar-refractivity contribution in [1.82, 2.24) is 9.80 Å². The van der Waals surface area contributed by atoms with Gasteiger partial charge in [0.1, 0.15) is 0 Å². The number of benzene rings is 1. The lowest BCUT2D eigenvalue weighted by Crippen LogP contribution is -2.51. The number of rotatable bonds is 5. The predicted molar refractivity (Wildman–Crippen MR) is 106 cm³/mol. The molecule has 0 N–H and O–H groups in total. The van der Waals surface area contributed by atoms with Crippen LogP contribution in [0.5, 0.6) is 0 Å². The lowest BCUT2D eigenvalue weighted by Gasteiger charge is -2.34. The molecule has 3 rings (SSSR count). The molecule has 2 atom stereocenters. The maximum atomic E-state index is 12.9. The van der Waals surface area contributed by atoms with Crippen molar-refractivity contribution >= 4 is 23.6 Å². The van der Waals surface area contributed by atoms with E-state index in [0.717, 1.165) is 11.3 Å². The topological polar surface area (TPSA) is 70.2 Å². The number of carbonyl (C=O) groups excluding carboxylic acids is 3. The fraction of sp³-hybridized carbons (Fsp3) is 0.571. The number of hydrogen-bond acceptors (Lipinski definition) is 4. The van der Waals surface area contributed by atoms with Gasteiger partial charge >= 0.3 is 6.09 Å². The molecule has 0 aromatic heterocycles. The first kappa shape index (κ1) is 20.2. The van der Waals surface area contributed by atoms with Crippen molar-refractivity contribution in [2.75, 3.05) is 44.2 Å². The van der Waals surface area contributed by atoms with Crippen molar-refractivity contribution in [3.05, 3.63) is 29.8 Å². The minimum Gasteiger partial charge on any atom is -0.450 e. The lowest BCUT2D eigenvalue weighted by molar-refractivity contribution is -0.135. The number of aryl methyl sites for hydroxylation is 1. The van der Waals surface area contributed by atoms with E-state index in [4.69, 9.17) is 4.74 Å². The monoisotopic (exact) mass is 387 g/mol. The maximum Gasteiger partial charge on any atom is 0.409 e. The third-order valence-corrected chi connectivity index (χ3v) is 5.44. The molecular formula is C21H29N3O4. The number of amides is 3. The summed E-state index contributed by atoms with van der Waals surface area (Å²) in [5.74, 6) is -0.421. The Labute approximate surface area is 166 Å². The number of nitrogens with zero attached hydrogens (tertiary/aromatic N) is 3. The molecule has 0 spiro atoms. The van der Waals surface area contributed by atoms with Crippen LogP contribution in [-0.4, -0.2) is 67.0 Å². The van der Waals surface area contributed by atoms with E-state index in [-0.39, 0.29) is 29.7 Å². The summed E-state index contributed by atoms with van der Waals surface area (Å²) in [7, 11) is 0. The van der Waals surface area contributed by atoms with Crippen molar-refractivity contribution in [3.8, 4) is 0 Å². The molecular weight excluding hydrogens is 358 g/mol. The van der Waals surface area contributed by atoms with Crippen LogP contribution in [0.2, 0.25) is 0 Å². The largest absolute Gasteiger partial charge is 0.450 e. The van der Waals surface area contributed by atoms with E-state index in [9.17, 15) is 14.4 Å². The lowest BCUT2D eigenvalue weighted by atomic mass is 10.1. The summed E-state index contributed by atoms with van der Waals surface area (Å²) in [5, 5.41) is 0. The van der Waals surface area contributed by atoms with Gasteiger partial charge in [-0.25, -0.2) is 4.79 Å². The summed E-state index contributed by atoms with van der Waals surface area (Å²) in [5.41, 5.74) is 1.99. The Hall–Kier alpha value is -2.57. The van der Waals surface area contributed by atoms with Crippen LogP contribution in [0.25, 0.3) is 0 Å². The van der Waals surface area contributed by atoms with Crippen LogP contribution in [0.4, 0.5) is 10.5 Å². The predicted octanol–water partition coefficient (Wildman–Crippen LogP) is 2.28. The zero-order valence-corrected chi connectivity index (χ0v) is 16.9. The summed E-state index contributed by atoms with van der Waals surface area (Å²) < 4.78 is 5.01. The molecule has 2 unspecified atom stereocenters. The van der Waals surface area contributed by atoms with Gasteiger partial charge in [-0.1, -0.05) is 12.1 Å². The van der Waals surface area contributed by atoms with Gasteiger partial charge in [-0.15, -0.1) is 0 Å². The van der Waals surface area contributed by atoms with E-state index >= 15 is 0 Å². The van der Waals surface area contributed by atoms with Crippen LogP contribution in [0, 0.1) is 18.8 Å². The average Bonchev–Trinajstić information content (AvgIpc) is 3.49. The SMILES string of the molecule is CCOC(=O)N1CCN(C(=O)C2CC2C(=O)N(CC)c2cccc(C)c2)CC1. The van der Waals surface area contributed by atoms with Crippen LogP contribution < -0.4 is 4.90 Å². The van der Waals surface area contributed by atoms with Gasteiger partial charge in [-0.05, 0) is 44.9 Å². The van der Waals surface area contributed by atoms with Gasteiger partial charge in [0.15, 0.2) is 0 Å². The molecule has 152 valence electrons. The summed E-state index contributed by atoms with van der Waals surface area (Å²) in [4.78, 5) is 42.7. The minimum atomic E-state index is -0.328. The standard InChI is InChI=1S/C21H29N3O4/c1-4-24(16-8-6-7-15(3)13-16)20(26)18-14-17(18)19(25)22-9-11-23(12-10-22)21(27)28-5-2/h6-8,13,17-18H,4-5,9-12,14H2,1-3H3. The van der Waals surface area contributed by atoms with Gasteiger partial charge in [-0.3, -0.25) is 9.59 Å². The Morgan fingerprint density at radius 3 is 2.36 bits per heavy atom. The Balaban J connectivity index is 1.55. The van der Waals surface area contributed by atoms with Gasteiger partial charge in [0.05, 0.1) is 18.4 Å². The molecule has 2 fully saturated rings. The molecule has 1 aliphatic heterocycles. The highest BCUT2D eigenvalue weighted by Crippen LogP contribution is 2.42. The first-order valence-corrected chi connectivity index (χ1v) is 10.0. The molecule has 1 aromatic carbocycles. The fourth-order valence-electron chi connectivity index (χ4n) is 3.76. The van der Waals surface area contributed by atoms with E-state index in [2.05, 4.69) is 0 Å². The van der Waals surface area contributed by atoms with Crippen LogP contribution in [0.1, 0.15) is 25.8 Å². The van der Waals surface area contributed by atoms with Gasteiger partial charge in [0, 0.05) is 38.4 Å². The quantitative estimate of drug-likeness (QED) is 0.777. The van der Waals surface area contributed by atoms with E-state index in [1.54, 1.807) is 21.6 Å². The fourth-order valence-corrected chi connectivity index (χ4v) is 3.76. The van der Waals surface area contributed by atoms with E-state index in [1.807, 2.05) is 38.1 Å². The number of hydrogen-bond donors (Lipinski definition) is 0. The molecule has 1 heterocycles. The number of piperazine rings is 1. The van der Waals surface area contributed by atoms with Crippen molar-refractivity contribution < 1.29 is 19.1 Å². The summed E-state index contributed by atoms with van der Waals surface area (Å²) in [6.07, 6.45) is 0.281. The summed E-state index contributed by atoms with van der Waals surface area (Å²) >= 11 is 0. The molecule has 0 bridgehead atoms. The number of carbonyl (C=O) groups is 3. The maximum absolute atomic E-state index is 12.9. The van der Waals surface area contributed by atoms with Crippen molar-refractivity contribution in [2.45, 2.75) is 27.2 Å². The molecule has 1 saturated carbocycles. The second kappa shape index (κ2) is 8.63. The highest BCUT2D eigenvalue weighted by atomic mass is 16.6. The average molecular weight is 387 g/mol. The number of ether oxygens (including phenoxy) is 1. The Kier molecular flexibility index (Phi) is 6.21. The molecule has 28 heavy (non-hydrogen) atoms. The molecule has 3 amide bonds. The van der Waals surface area contributed by atoms with Crippen LogP contribution in [-0.2, 0) is 14.3 Å². The van der Waals surface area contributed by atoms with Gasteiger partial charge < -0.3 is 19.4 Å². The van der Waals surface area contributed by atoms with Crippen LogP contribution in [0.15, 0.2) is 24.3 Å². The van der Waals surface area contributed by atoms with E-state index in [0.29, 0.717) is 45.8 Å². The first-order valence-electron chi connectivity index (χ1n) is 10.0. The normalized spacial score (nSPS) is 21.2.